The first-order chi connectivity index (χ1) is 5.72. The van der Waals surface area contributed by atoms with Crippen LogP contribution in [0.4, 0.5) is 0 Å². The van der Waals surface area contributed by atoms with E-state index in [-0.39, 0.29) is 12.2 Å². The number of aliphatic hydroxyl groups excluding tert-OH is 1. The van der Waals surface area contributed by atoms with Crippen LogP contribution < -0.4 is 5.56 Å². The third-order valence-corrected chi connectivity index (χ3v) is 1.49. The van der Waals surface area contributed by atoms with E-state index in [1.54, 1.807) is 6.92 Å². The van der Waals surface area contributed by atoms with Gasteiger partial charge in [-0.05, 0) is 13.3 Å². The topological polar surface area (TPSA) is 66.0 Å². The highest BCUT2D eigenvalue weighted by molar-refractivity contribution is 5.00. The van der Waals surface area contributed by atoms with Gasteiger partial charge in [-0.25, -0.2) is 4.98 Å². The predicted octanol–water partition coefficient (Wildman–Crippen LogP) is 0.00322. The Balaban J connectivity index is 2.79. The maximum absolute atomic E-state index is 10.9. The monoisotopic (exact) mass is 168 g/mol. The van der Waals surface area contributed by atoms with Crippen LogP contribution >= 0.6 is 0 Å². The Morgan fingerprint density at radius 3 is 3.00 bits per heavy atom. The maximum atomic E-state index is 10.9. The Morgan fingerprint density at radius 1 is 1.67 bits per heavy atom. The summed E-state index contributed by atoms with van der Waals surface area (Å²) in [5, 5.41) is 8.55. The first kappa shape index (κ1) is 8.93. The summed E-state index contributed by atoms with van der Waals surface area (Å²) in [6, 6.07) is 1.45. The minimum atomic E-state index is -0.129. The van der Waals surface area contributed by atoms with Gasteiger partial charge in [-0.3, -0.25) is 4.79 Å². The van der Waals surface area contributed by atoms with Crippen LogP contribution in [-0.2, 0) is 6.42 Å². The molecule has 0 spiro atoms. The molecule has 0 aromatic carbocycles. The van der Waals surface area contributed by atoms with Crippen LogP contribution in [0.5, 0.6) is 0 Å². The van der Waals surface area contributed by atoms with Crippen molar-refractivity contribution in [1.29, 1.82) is 0 Å². The van der Waals surface area contributed by atoms with Crippen molar-refractivity contribution < 1.29 is 5.11 Å². The number of hydrogen-bond acceptors (Lipinski definition) is 3. The van der Waals surface area contributed by atoms with E-state index in [1.165, 1.54) is 6.07 Å². The molecule has 12 heavy (non-hydrogen) atoms. The summed E-state index contributed by atoms with van der Waals surface area (Å²) in [6.45, 7) is 1.90. The summed E-state index contributed by atoms with van der Waals surface area (Å²) < 4.78 is 0. The molecule has 0 saturated carbocycles. The van der Waals surface area contributed by atoms with E-state index >= 15 is 0 Å². The first-order valence-corrected chi connectivity index (χ1v) is 3.90. The number of aromatic nitrogens is 2. The highest BCUT2D eigenvalue weighted by atomic mass is 16.2. The lowest BCUT2D eigenvalue weighted by Crippen LogP contribution is -2.11. The highest BCUT2D eigenvalue weighted by Gasteiger charge is 1.96. The van der Waals surface area contributed by atoms with Gasteiger partial charge in [0.2, 0.25) is 0 Å². The van der Waals surface area contributed by atoms with Crippen molar-refractivity contribution in [3.63, 3.8) is 0 Å². The molecule has 4 nitrogen and oxygen atoms in total. The SMILES string of the molecule is Cc1cc(=O)[nH]c(CCCO)n1. The molecule has 0 aliphatic heterocycles. The lowest BCUT2D eigenvalue weighted by atomic mass is 10.3. The van der Waals surface area contributed by atoms with Gasteiger partial charge in [0.1, 0.15) is 5.82 Å². The lowest BCUT2D eigenvalue weighted by molar-refractivity contribution is 0.287. The Labute approximate surface area is 70.3 Å². The molecule has 0 amide bonds. The van der Waals surface area contributed by atoms with Crippen molar-refractivity contribution in [2.45, 2.75) is 19.8 Å². The summed E-state index contributed by atoms with van der Waals surface area (Å²) in [6.07, 6.45) is 1.25. The highest BCUT2D eigenvalue weighted by Crippen LogP contribution is 1.93. The number of H-pyrrole nitrogens is 1. The summed E-state index contributed by atoms with van der Waals surface area (Å²) in [5.41, 5.74) is 0.585. The van der Waals surface area contributed by atoms with Crippen LogP contribution in [-0.4, -0.2) is 21.7 Å². The Hall–Kier alpha value is -1.16. The van der Waals surface area contributed by atoms with Crippen molar-refractivity contribution in [3.05, 3.63) is 27.9 Å². The van der Waals surface area contributed by atoms with E-state index in [2.05, 4.69) is 9.97 Å². The number of hydrogen-bond donors (Lipinski definition) is 2. The van der Waals surface area contributed by atoms with Crippen LogP contribution in [0.3, 0.4) is 0 Å². The molecule has 0 aliphatic rings. The fourth-order valence-corrected chi connectivity index (χ4v) is 1.01. The zero-order chi connectivity index (χ0) is 8.97. The molecule has 0 radical (unpaired) electrons. The molecule has 66 valence electrons. The van der Waals surface area contributed by atoms with Crippen LogP contribution in [0.2, 0.25) is 0 Å². The fraction of sp³-hybridized carbons (Fsp3) is 0.500. The van der Waals surface area contributed by atoms with Crippen LogP contribution in [0.15, 0.2) is 10.9 Å². The van der Waals surface area contributed by atoms with Crippen molar-refractivity contribution in [3.8, 4) is 0 Å². The van der Waals surface area contributed by atoms with E-state index in [1.807, 2.05) is 0 Å². The maximum Gasteiger partial charge on any atom is 0.251 e. The summed E-state index contributed by atoms with van der Waals surface area (Å²) in [7, 11) is 0. The predicted molar refractivity (Wildman–Crippen MR) is 45.0 cm³/mol. The second kappa shape index (κ2) is 4.01. The summed E-state index contributed by atoms with van der Waals surface area (Å²) in [4.78, 5) is 17.6. The normalized spacial score (nSPS) is 10.2. The van der Waals surface area contributed by atoms with Crippen molar-refractivity contribution >= 4 is 0 Å². The van der Waals surface area contributed by atoms with Gasteiger partial charge in [0.25, 0.3) is 5.56 Å². The Kier molecular flexibility index (Phi) is 2.99. The van der Waals surface area contributed by atoms with Gasteiger partial charge in [-0.1, -0.05) is 0 Å². The summed E-state index contributed by atoms with van der Waals surface area (Å²) >= 11 is 0. The molecule has 0 atom stereocenters. The second-order valence-electron chi connectivity index (χ2n) is 2.66. The van der Waals surface area contributed by atoms with Crippen LogP contribution in [0, 0.1) is 6.92 Å². The third kappa shape index (κ3) is 2.47. The molecule has 1 aromatic heterocycles. The van der Waals surface area contributed by atoms with Gasteiger partial charge < -0.3 is 10.1 Å². The molecular formula is C8H12N2O2. The van der Waals surface area contributed by atoms with E-state index < -0.39 is 0 Å². The molecule has 0 bridgehead atoms. The second-order valence-corrected chi connectivity index (χ2v) is 2.66. The van der Waals surface area contributed by atoms with Crippen molar-refractivity contribution in [2.24, 2.45) is 0 Å². The number of aromatic amines is 1. The van der Waals surface area contributed by atoms with E-state index in [4.69, 9.17) is 5.11 Å². The van der Waals surface area contributed by atoms with E-state index in [0.29, 0.717) is 24.4 Å². The Morgan fingerprint density at radius 2 is 2.42 bits per heavy atom. The molecule has 1 aromatic rings. The summed E-state index contributed by atoms with van der Waals surface area (Å²) in [5.74, 6) is 0.647. The molecule has 0 fully saturated rings. The van der Waals surface area contributed by atoms with Gasteiger partial charge in [0.15, 0.2) is 0 Å². The third-order valence-electron chi connectivity index (χ3n) is 1.49. The van der Waals surface area contributed by atoms with Crippen LogP contribution in [0.25, 0.3) is 0 Å². The van der Waals surface area contributed by atoms with Crippen LogP contribution in [0.1, 0.15) is 17.9 Å². The number of rotatable bonds is 3. The largest absolute Gasteiger partial charge is 0.396 e. The molecule has 1 rings (SSSR count). The number of nitrogens with zero attached hydrogens (tertiary/aromatic N) is 1. The fourth-order valence-electron chi connectivity index (χ4n) is 1.01. The quantitative estimate of drug-likeness (QED) is 0.667. The number of nitrogens with one attached hydrogen (secondary N) is 1. The molecule has 0 unspecified atom stereocenters. The molecule has 0 aliphatic carbocycles. The molecule has 1 heterocycles. The standard InChI is InChI=1S/C8H12N2O2/c1-6-5-8(12)10-7(9-6)3-2-4-11/h5,11H,2-4H2,1H3,(H,9,10,12). The average Bonchev–Trinajstić information content (AvgIpc) is 1.99. The van der Waals surface area contributed by atoms with Gasteiger partial charge in [-0.2, -0.15) is 0 Å². The average molecular weight is 168 g/mol. The zero-order valence-corrected chi connectivity index (χ0v) is 7.00. The van der Waals surface area contributed by atoms with Crippen molar-refractivity contribution in [2.75, 3.05) is 6.61 Å². The smallest absolute Gasteiger partial charge is 0.251 e. The molecule has 4 heteroatoms. The van der Waals surface area contributed by atoms with Gasteiger partial charge in [0, 0.05) is 24.8 Å². The molecular weight excluding hydrogens is 156 g/mol. The molecule has 2 N–H and O–H groups in total. The Bertz CT molecular complexity index is 306. The minimum absolute atomic E-state index is 0.123. The van der Waals surface area contributed by atoms with E-state index in [9.17, 15) is 4.79 Å². The lowest BCUT2D eigenvalue weighted by Gasteiger charge is -1.98. The minimum Gasteiger partial charge on any atom is -0.396 e. The zero-order valence-electron chi connectivity index (χ0n) is 7.00. The van der Waals surface area contributed by atoms with E-state index in [0.717, 1.165) is 0 Å². The molecule has 0 saturated heterocycles. The number of aliphatic hydroxyl groups is 1. The first-order valence-electron chi connectivity index (χ1n) is 3.90. The number of aryl methyl sites for hydroxylation is 2. The van der Waals surface area contributed by atoms with Gasteiger partial charge >= 0.3 is 0 Å². The van der Waals surface area contributed by atoms with Crippen molar-refractivity contribution in [1.82, 2.24) is 9.97 Å². The van der Waals surface area contributed by atoms with Gasteiger partial charge in [-0.15, -0.1) is 0 Å². The van der Waals surface area contributed by atoms with Gasteiger partial charge in [0.05, 0.1) is 0 Å².